The number of halogens is 1. The highest BCUT2D eigenvalue weighted by Crippen LogP contribution is 2.29. The first-order chi connectivity index (χ1) is 9.99. The van der Waals surface area contributed by atoms with Gasteiger partial charge in [0, 0.05) is 32.4 Å². The van der Waals surface area contributed by atoms with Gasteiger partial charge >= 0.3 is 5.97 Å². The molecule has 0 aliphatic carbocycles. The lowest BCUT2D eigenvalue weighted by molar-refractivity contribution is 0.0602. The van der Waals surface area contributed by atoms with Crippen molar-refractivity contribution >= 4 is 28.9 Å². The van der Waals surface area contributed by atoms with Gasteiger partial charge in [-0.05, 0) is 19.2 Å². The number of carbonyl (C=O) groups is 1. The van der Waals surface area contributed by atoms with Crippen molar-refractivity contribution in [1.82, 2.24) is 4.90 Å². The molecular formula is C14H22ClN3O3. The summed E-state index contributed by atoms with van der Waals surface area (Å²) in [6, 6.07) is 3.15. The van der Waals surface area contributed by atoms with Crippen LogP contribution in [0, 0.1) is 0 Å². The molecule has 7 heteroatoms. The van der Waals surface area contributed by atoms with E-state index >= 15 is 0 Å². The van der Waals surface area contributed by atoms with Gasteiger partial charge in [0.05, 0.1) is 30.0 Å². The highest BCUT2D eigenvalue weighted by molar-refractivity contribution is 6.34. The van der Waals surface area contributed by atoms with Crippen LogP contribution in [0.1, 0.15) is 10.4 Å². The van der Waals surface area contributed by atoms with Crippen molar-refractivity contribution in [2.45, 2.75) is 0 Å². The van der Waals surface area contributed by atoms with E-state index in [1.807, 2.05) is 7.05 Å². The molecule has 1 aromatic rings. The van der Waals surface area contributed by atoms with Gasteiger partial charge in [0.15, 0.2) is 0 Å². The molecule has 1 rings (SSSR count). The third-order valence-electron chi connectivity index (χ3n) is 2.99. The molecule has 0 saturated heterocycles. The molecule has 118 valence electrons. The minimum absolute atomic E-state index is 0.335. The molecule has 21 heavy (non-hydrogen) atoms. The third-order valence-corrected chi connectivity index (χ3v) is 3.29. The summed E-state index contributed by atoms with van der Waals surface area (Å²) in [4.78, 5) is 13.9. The molecule has 0 aliphatic rings. The summed E-state index contributed by atoms with van der Waals surface area (Å²) < 4.78 is 9.76. The highest BCUT2D eigenvalue weighted by atomic mass is 35.5. The Morgan fingerprint density at radius 2 is 2.10 bits per heavy atom. The van der Waals surface area contributed by atoms with Crippen LogP contribution in [0.2, 0.25) is 5.02 Å². The van der Waals surface area contributed by atoms with Crippen molar-refractivity contribution in [3.8, 4) is 0 Å². The van der Waals surface area contributed by atoms with Crippen molar-refractivity contribution in [1.29, 1.82) is 0 Å². The van der Waals surface area contributed by atoms with Crippen LogP contribution in [0.4, 0.5) is 11.4 Å². The summed E-state index contributed by atoms with van der Waals surface area (Å²) in [6.07, 6.45) is 0. The molecule has 0 unspecified atom stereocenters. The minimum Gasteiger partial charge on any atom is -0.465 e. The van der Waals surface area contributed by atoms with Gasteiger partial charge in [0.2, 0.25) is 0 Å². The maximum Gasteiger partial charge on any atom is 0.340 e. The van der Waals surface area contributed by atoms with Gasteiger partial charge in [-0.15, -0.1) is 0 Å². The summed E-state index contributed by atoms with van der Waals surface area (Å²) in [5.41, 5.74) is 7.00. The number of nitrogens with zero attached hydrogens (tertiary/aromatic N) is 1. The zero-order chi connectivity index (χ0) is 15.8. The lowest BCUT2D eigenvalue weighted by Crippen LogP contribution is -2.28. The summed E-state index contributed by atoms with van der Waals surface area (Å²) in [5, 5.41) is 3.56. The van der Waals surface area contributed by atoms with Crippen LogP contribution in [0.5, 0.6) is 0 Å². The SMILES string of the molecule is COCCN(C)CCNc1c(Cl)cc(N)cc1C(=O)OC. The second-order valence-electron chi connectivity index (χ2n) is 4.64. The molecule has 0 atom stereocenters. The molecule has 0 amide bonds. The van der Waals surface area contributed by atoms with Crippen LogP contribution in [0.15, 0.2) is 12.1 Å². The van der Waals surface area contributed by atoms with E-state index in [0.29, 0.717) is 35.1 Å². The molecule has 0 saturated carbocycles. The summed E-state index contributed by atoms with van der Waals surface area (Å²) in [7, 11) is 4.98. The van der Waals surface area contributed by atoms with Gasteiger partial charge in [-0.3, -0.25) is 0 Å². The fourth-order valence-corrected chi connectivity index (χ4v) is 2.10. The van der Waals surface area contributed by atoms with Crippen LogP contribution < -0.4 is 11.1 Å². The van der Waals surface area contributed by atoms with Crippen molar-refractivity contribution in [3.63, 3.8) is 0 Å². The Balaban J connectivity index is 2.71. The monoisotopic (exact) mass is 315 g/mol. The van der Waals surface area contributed by atoms with Crippen LogP contribution in [0.3, 0.4) is 0 Å². The first-order valence-electron chi connectivity index (χ1n) is 6.58. The molecule has 0 spiro atoms. The van der Waals surface area contributed by atoms with Crippen molar-refractivity contribution in [3.05, 3.63) is 22.7 Å². The largest absolute Gasteiger partial charge is 0.465 e. The van der Waals surface area contributed by atoms with Crippen LogP contribution in [-0.2, 0) is 9.47 Å². The molecule has 6 nitrogen and oxygen atoms in total. The quantitative estimate of drug-likeness (QED) is 0.561. The van der Waals surface area contributed by atoms with E-state index in [1.165, 1.54) is 7.11 Å². The average Bonchev–Trinajstić information content (AvgIpc) is 2.45. The van der Waals surface area contributed by atoms with Crippen molar-refractivity contribution in [2.24, 2.45) is 0 Å². The lowest BCUT2D eigenvalue weighted by Gasteiger charge is -2.18. The normalized spacial score (nSPS) is 10.7. The Morgan fingerprint density at radius 1 is 1.38 bits per heavy atom. The second kappa shape index (κ2) is 8.71. The molecule has 0 aromatic heterocycles. The maximum atomic E-state index is 11.8. The van der Waals surface area contributed by atoms with Crippen LogP contribution >= 0.6 is 11.6 Å². The van der Waals surface area contributed by atoms with E-state index in [4.69, 9.17) is 26.8 Å². The number of nitrogen functional groups attached to an aromatic ring is 1. The van der Waals surface area contributed by atoms with E-state index in [2.05, 4.69) is 10.2 Å². The summed E-state index contributed by atoms with van der Waals surface area (Å²) in [6.45, 7) is 2.92. The van der Waals surface area contributed by atoms with Gasteiger partial charge in [-0.2, -0.15) is 0 Å². The molecule has 0 bridgehead atoms. The lowest BCUT2D eigenvalue weighted by atomic mass is 10.1. The fraction of sp³-hybridized carbons (Fsp3) is 0.500. The number of carbonyl (C=O) groups excluding carboxylic acids is 1. The Morgan fingerprint density at radius 3 is 2.71 bits per heavy atom. The second-order valence-corrected chi connectivity index (χ2v) is 5.05. The first-order valence-corrected chi connectivity index (χ1v) is 6.96. The molecule has 0 fully saturated rings. The molecule has 3 N–H and O–H groups in total. The molecule has 0 radical (unpaired) electrons. The number of ether oxygens (including phenoxy) is 2. The predicted molar refractivity (Wildman–Crippen MR) is 85.1 cm³/mol. The van der Waals surface area contributed by atoms with E-state index in [0.717, 1.165) is 13.1 Å². The predicted octanol–water partition coefficient (Wildman–Crippen LogP) is 1.70. The number of benzene rings is 1. The number of rotatable bonds is 8. The molecule has 1 aromatic carbocycles. The minimum atomic E-state index is -0.473. The van der Waals surface area contributed by atoms with E-state index in [1.54, 1.807) is 19.2 Å². The number of nitrogens with one attached hydrogen (secondary N) is 1. The average molecular weight is 316 g/mol. The Bertz CT molecular complexity index is 483. The molecule has 0 heterocycles. The van der Waals surface area contributed by atoms with Crippen LogP contribution in [-0.4, -0.2) is 58.4 Å². The van der Waals surface area contributed by atoms with Gasteiger partial charge in [0.1, 0.15) is 0 Å². The summed E-state index contributed by atoms with van der Waals surface area (Å²) >= 11 is 6.15. The fourth-order valence-electron chi connectivity index (χ4n) is 1.81. The van der Waals surface area contributed by atoms with Gasteiger partial charge < -0.3 is 25.4 Å². The van der Waals surface area contributed by atoms with Crippen molar-refractivity contribution in [2.75, 3.05) is 58.6 Å². The topological polar surface area (TPSA) is 76.8 Å². The van der Waals surface area contributed by atoms with Crippen molar-refractivity contribution < 1.29 is 14.3 Å². The number of methoxy groups -OCH3 is 2. The van der Waals surface area contributed by atoms with E-state index in [-0.39, 0.29) is 0 Å². The van der Waals surface area contributed by atoms with Gasteiger partial charge in [-0.1, -0.05) is 11.6 Å². The van der Waals surface area contributed by atoms with E-state index < -0.39 is 5.97 Å². The number of esters is 1. The molecular weight excluding hydrogens is 294 g/mol. The maximum absolute atomic E-state index is 11.8. The van der Waals surface area contributed by atoms with E-state index in [9.17, 15) is 4.79 Å². The van der Waals surface area contributed by atoms with Crippen LogP contribution in [0.25, 0.3) is 0 Å². The highest BCUT2D eigenvalue weighted by Gasteiger charge is 2.16. The number of hydrogen-bond donors (Lipinski definition) is 2. The third kappa shape index (κ3) is 5.41. The molecule has 0 aliphatic heterocycles. The number of likely N-dealkylation sites (N-methyl/N-ethyl adjacent to an activating group) is 1. The Kier molecular flexibility index (Phi) is 7.28. The Hall–Kier alpha value is -1.50. The van der Waals surface area contributed by atoms with Gasteiger partial charge in [0.25, 0.3) is 0 Å². The number of anilines is 2. The zero-order valence-electron chi connectivity index (χ0n) is 12.6. The smallest absolute Gasteiger partial charge is 0.340 e. The number of nitrogens with two attached hydrogens (primary N) is 1. The first kappa shape index (κ1) is 17.6. The summed E-state index contributed by atoms with van der Waals surface area (Å²) in [5.74, 6) is -0.473. The Labute approximate surface area is 130 Å². The van der Waals surface area contributed by atoms with Gasteiger partial charge in [-0.25, -0.2) is 4.79 Å². The number of hydrogen-bond acceptors (Lipinski definition) is 6. The standard InChI is InChI=1S/C14H22ClN3O3/c1-18(6-7-20-2)5-4-17-13-11(14(19)21-3)8-10(16)9-12(13)15/h8-9,17H,4-7,16H2,1-3H3. The zero-order valence-corrected chi connectivity index (χ0v) is 13.4.